The van der Waals surface area contributed by atoms with E-state index in [2.05, 4.69) is 0 Å². The van der Waals surface area contributed by atoms with Gasteiger partial charge in [-0.25, -0.2) is 4.39 Å². The lowest BCUT2D eigenvalue weighted by Gasteiger charge is -2.34. The number of aliphatic hydroxyl groups excluding tert-OH is 1. The molecule has 0 aromatic heterocycles. The first-order valence-electron chi connectivity index (χ1n) is 8.92. The fourth-order valence-electron chi connectivity index (χ4n) is 3.28. The Bertz CT molecular complexity index is 781. The second-order valence-electron chi connectivity index (χ2n) is 6.58. The maximum Gasteiger partial charge on any atom is 0.310 e. The Morgan fingerprint density at radius 1 is 1.19 bits per heavy atom. The molecule has 7 nitrogen and oxygen atoms in total. The number of ether oxygens (including phenoxy) is 1. The van der Waals surface area contributed by atoms with Crippen molar-refractivity contribution in [3.05, 3.63) is 64.5 Å². The van der Waals surface area contributed by atoms with Crippen LogP contribution in [0.25, 0.3) is 0 Å². The van der Waals surface area contributed by atoms with Crippen LogP contribution in [0.15, 0.2) is 48.5 Å². The first kappa shape index (κ1) is 19.1. The number of quaternary nitrogens is 1. The van der Waals surface area contributed by atoms with Crippen LogP contribution >= 0.6 is 0 Å². The van der Waals surface area contributed by atoms with Gasteiger partial charge in [0.2, 0.25) is 0 Å². The maximum atomic E-state index is 13.9. The molecule has 1 heterocycles. The Kier molecular flexibility index (Phi) is 6.20. The SMILES string of the molecule is O=[N+]([O-])c1ccccc1OC[C@H](O)C[NH+]1CCN(c2ccccc2F)CC1. The number of rotatable bonds is 7. The van der Waals surface area contributed by atoms with Crippen molar-refractivity contribution in [2.24, 2.45) is 0 Å². The summed E-state index contributed by atoms with van der Waals surface area (Å²) in [5.41, 5.74) is 0.493. The summed E-state index contributed by atoms with van der Waals surface area (Å²) in [4.78, 5) is 13.7. The molecule has 0 spiro atoms. The fourth-order valence-corrected chi connectivity index (χ4v) is 3.28. The number of aliphatic hydroxyl groups is 1. The molecule has 0 bridgehead atoms. The molecule has 2 aromatic rings. The Labute approximate surface area is 156 Å². The number of para-hydroxylation sites is 3. The number of benzene rings is 2. The predicted molar refractivity (Wildman–Crippen MR) is 98.8 cm³/mol. The van der Waals surface area contributed by atoms with E-state index in [4.69, 9.17) is 4.74 Å². The van der Waals surface area contributed by atoms with Gasteiger partial charge in [0.15, 0.2) is 5.75 Å². The molecule has 27 heavy (non-hydrogen) atoms. The highest BCUT2D eigenvalue weighted by Crippen LogP contribution is 2.25. The Hall–Kier alpha value is -2.71. The van der Waals surface area contributed by atoms with E-state index in [0.29, 0.717) is 25.3 Å². The fraction of sp³-hybridized carbons (Fsp3) is 0.368. The van der Waals surface area contributed by atoms with Crippen molar-refractivity contribution in [1.82, 2.24) is 0 Å². The van der Waals surface area contributed by atoms with Gasteiger partial charge in [0.05, 0.1) is 36.8 Å². The van der Waals surface area contributed by atoms with Crippen molar-refractivity contribution < 1.29 is 24.1 Å². The number of nitro groups is 1. The number of halogens is 1. The molecule has 8 heteroatoms. The Morgan fingerprint density at radius 3 is 2.56 bits per heavy atom. The summed E-state index contributed by atoms with van der Waals surface area (Å²) in [6, 6.07) is 12.8. The summed E-state index contributed by atoms with van der Waals surface area (Å²) >= 11 is 0. The lowest BCUT2D eigenvalue weighted by molar-refractivity contribution is -0.903. The molecule has 1 fully saturated rings. The zero-order valence-corrected chi connectivity index (χ0v) is 14.9. The Morgan fingerprint density at radius 2 is 1.85 bits per heavy atom. The van der Waals surface area contributed by atoms with Gasteiger partial charge < -0.3 is 19.6 Å². The third kappa shape index (κ3) is 4.93. The van der Waals surface area contributed by atoms with Crippen molar-refractivity contribution in [3.8, 4) is 5.75 Å². The maximum absolute atomic E-state index is 13.9. The number of anilines is 1. The highest BCUT2D eigenvalue weighted by molar-refractivity contribution is 5.47. The van der Waals surface area contributed by atoms with E-state index in [0.717, 1.165) is 13.1 Å². The van der Waals surface area contributed by atoms with Crippen LogP contribution in [0.1, 0.15) is 0 Å². The molecule has 0 unspecified atom stereocenters. The number of hydrogen-bond acceptors (Lipinski definition) is 5. The zero-order chi connectivity index (χ0) is 19.2. The van der Waals surface area contributed by atoms with Crippen molar-refractivity contribution >= 4 is 11.4 Å². The topological polar surface area (TPSA) is 80.3 Å². The molecule has 2 aromatic carbocycles. The van der Waals surface area contributed by atoms with E-state index in [1.165, 1.54) is 23.1 Å². The number of nitrogens with zero attached hydrogens (tertiary/aromatic N) is 2. The first-order chi connectivity index (χ1) is 13.0. The second-order valence-corrected chi connectivity index (χ2v) is 6.58. The van der Waals surface area contributed by atoms with E-state index in [-0.39, 0.29) is 23.9 Å². The highest BCUT2D eigenvalue weighted by Gasteiger charge is 2.24. The molecule has 1 atom stereocenters. The third-order valence-corrected chi connectivity index (χ3v) is 4.68. The number of nitro benzene ring substituents is 1. The van der Waals surface area contributed by atoms with Crippen molar-refractivity contribution in [1.29, 1.82) is 0 Å². The summed E-state index contributed by atoms with van der Waals surface area (Å²) in [7, 11) is 0. The third-order valence-electron chi connectivity index (χ3n) is 4.68. The minimum Gasteiger partial charge on any atom is -0.484 e. The summed E-state index contributed by atoms with van der Waals surface area (Å²) in [6.45, 7) is 3.42. The van der Waals surface area contributed by atoms with Crippen LogP contribution in [0.4, 0.5) is 15.8 Å². The smallest absolute Gasteiger partial charge is 0.310 e. The predicted octanol–water partition coefficient (Wildman–Crippen LogP) is 0.879. The van der Waals surface area contributed by atoms with Crippen LogP contribution in [0.2, 0.25) is 0 Å². The molecule has 1 aliphatic rings. The molecule has 1 saturated heterocycles. The quantitative estimate of drug-likeness (QED) is 0.554. The average Bonchev–Trinajstić information content (AvgIpc) is 2.68. The molecule has 3 rings (SSSR count). The molecule has 2 N–H and O–H groups in total. The van der Waals surface area contributed by atoms with Gasteiger partial charge in [-0.2, -0.15) is 0 Å². The highest BCUT2D eigenvalue weighted by atomic mass is 19.1. The minimum absolute atomic E-state index is 0.00855. The molecule has 0 amide bonds. The zero-order valence-electron chi connectivity index (χ0n) is 14.9. The van der Waals surface area contributed by atoms with E-state index in [1.54, 1.807) is 24.3 Å². The Balaban J connectivity index is 1.47. The lowest BCUT2D eigenvalue weighted by Crippen LogP contribution is -3.16. The molecule has 1 aliphatic heterocycles. The lowest BCUT2D eigenvalue weighted by atomic mass is 10.2. The standard InChI is InChI=1S/C19H22FN3O4/c20-16-5-1-2-6-17(16)22-11-9-21(10-12-22)13-15(24)14-27-19-8-4-3-7-18(19)23(25)26/h1-8,15,24H,9-14H2/p+1/t15-/m1/s1. The normalized spacial score (nSPS) is 16.1. The van der Waals surface area contributed by atoms with Gasteiger partial charge in [0.1, 0.15) is 25.1 Å². The van der Waals surface area contributed by atoms with Gasteiger partial charge in [-0.05, 0) is 18.2 Å². The second kappa shape index (κ2) is 8.79. The minimum atomic E-state index is -0.736. The van der Waals surface area contributed by atoms with E-state index in [9.17, 15) is 19.6 Å². The van der Waals surface area contributed by atoms with Crippen LogP contribution in [-0.2, 0) is 0 Å². The van der Waals surface area contributed by atoms with Gasteiger partial charge in [0.25, 0.3) is 0 Å². The van der Waals surface area contributed by atoms with Crippen molar-refractivity contribution in [2.75, 3.05) is 44.2 Å². The number of piperazine rings is 1. The van der Waals surface area contributed by atoms with E-state index < -0.39 is 11.0 Å². The van der Waals surface area contributed by atoms with Gasteiger partial charge >= 0.3 is 5.69 Å². The number of hydrogen-bond donors (Lipinski definition) is 2. The van der Waals surface area contributed by atoms with Gasteiger partial charge in [-0.1, -0.05) is 24.3 Å². The van der Waals surface area contributed by atoms with Crippen LogP contribution < -0.4 is 14.5 Å². The van der Waals surface area contributed by atoms with Crippen LogP contribution in [0.5, 0.6) is 5.75 Å². The summed E-state index contributed by atoms with van der Waals surface area (Å²) in [5, 5.41) is 21.2. The van der Waals surface area contributed by atoms with Crippen molar-refractivity contribution in [3.63, 3.8) is 0 Å². The summed E-state index contributed by atoms with van der Waals surface area (Å²) < 4.78 is 19.3. The van der Waals surface area contributed by atoms with Gasteiger partial charge in [-0.3, -0.25) is 10.1 Å². The molecule has 144 valence electrons. The molecular formula is C19H23FN3O4+. The summed E-state index contributed by atoms with van der Waals surface area (Å²) in [5.74, 6) is -0.0697. The van der Waals surface area contributed by atoms with E-state index >= 15 is 0 Å². The van der Waals surface area contributed by atoms with E-state index in [1.807, 2.05) is 11.0 Å². The van der Waals surface area contributed by atoms with Gasteiger partial charge in [0, 0.05) is 6.07 Å². The average molecular weight is 376 g/mol. The van der Waals surface area contributed by atoms with Crippen LogP contribution in [0.3, 0.4) is 0 Å². The summed E-state index contributed by atoms with van der Waals surface area (Å²) in [6.07, 6.45) is -0.736. The van der Waals surface area contributed by atoms with Gasteiger partial charge in [-0.15, -0.1) is 0 Å². The molecule has 0 aliphatic carbocycles. The molecular weight excluding hydrogens is 353 g/mol. The van der Waals surface area contributed by atoms with Crippen LogP contribution in [0, 0.1) is 15.9 Å². The molecule has 0 saturated carbocycles. The monoisotopic (exact) mass is 376 g/mol. The molecule has 0 radical (unpaired) electrons. The number of nitrogens with one attached hydrogen (secondary N) is 1. The first-order valence-corrected chi connectivity index (χ1v) is 8.92. The van der Waals surface area contributed by atoms with Crippen LogP contribution in [-0.4, -0.2) is 55.5 Å². The largest absolute Gasteiger partial charge is 0.484 e. The van der Waals surface area contributed by atoms with Crippen molar-refractivity contribution in [2.45, 2.75) is 6.10 Å².